The quantitative estimate of drug-likeness (QED) is 0.841. The molecular weight excluding hydrogens is 290 g/mol. The summed E-state index contributed by atoms with van der Waals surface area (Å²) in [4.78, 5) is 16.9. The van der Waals surface area contributed by atoms with Crippen LogP contribution in [0.1, 0.15) is 35.6 Å². The number of aromatic nitrogens is 2. The number of rotatable bonds is 2. The number of hydrogen-bond donors (Lipinski definition) is 2. The molecule has 0 bridgehead atoms. The van der Waals surface area contributed by atoms with Gasteiger partial charge in [0.05, 0.1) is 0 Å². The van der Waals surface area contributed by atoms with E-state index in [0.29, 0.717) is 11.7 Å². The van der Waals surface area contributed by atoms with Gasteiger partial charge in [0.1, 0.15) is 0 Å². The molecule has 7 heteroatoms. The van der Waals surface area contributed by atoms with Crippen molar-refractivity contribution in [3.63, 3.8) is 0 Å². The Hall–Kier alpha value is -1.11. The van der Waals surface area contributed by atoms with Gasteiger partial charge in [0, 0.05) is 63.0 Å². The molecule has 0 unspecified atom stereocenters. The Morgan fingerprint density at radius 1 is 1.24 bits per heavy atom. The van der Waals surface area contributed by atoms with Gasteiger partial charge in [-0.15, -0.1) is 12.4 Å². The van der Waals surface area contributed by atoms with Gasteiger partial charge in [-0.3, -0.25) is 14.8 Å². The molecule has 2 aliphatic heterocycles. The first-order valence-corrected chi connectivity index (χ1v) is 7.47. The molecule has 118 valence electrons. The highest BCUT2D eigenvalue weighted by Crippen LogP contribution is 2.18. The molecule has 1 amide bonds. The van der Waals surface area contributed by atoms with Crippen LogP contribution in [0, 0.1) is 0 Å². The first kappa shape index (κ1) is 16.3. The number of aromatic amines is 1. The molecule has 0 spiro atoms. The van der Waals surface area contributed by atoms with E-state index in [1.54, 1.807) is 0 Å². The lowest BCUT2D eigenvalue weighted by atomic mass is 10.1. The van der Waals surface area contributed by atoms with Crippen LogP contribution in [0.15, 0.2) is 0 Å². The van der Waals surface area contributed by atoms with Crippen LogP contribution in [0.4, 0.5) is 0 Å². The van der Waals surface area contributed by atoms with Crippen LogP contribution in [0.5, 0.6) is 0 Å². The van der Waals surface area contributed by atoms with Crippen molar-refractivity contribution in [2.24, 2.45) is 0 Å². The van der Waals surface area contributed by atoms with Crippen LogP contribution in [0.25, 0.3) is 0 Å². The molecule has 6 nitrogen and oxygen atoms in total. The number of nitrogens with zero attached hydrogens (tertiary/aromatic N) is 3. The van der Waals surface area contributed by atoms with E-state index >= 15 is 0 Å². The summed E-state index contributed by atoms with van der Waals surface area (Å²) >= 11 is 0. The minimum Gasteiger partial charge on any atom is -0.335 e. The molecule has 2 N–H and O–H groups in total. The maximum Gasteiger partial charge on any atom is 0.274 e. The minimum atomic E-state index is 0. The maximum absolute atomic E-state index is 12.6. The number of nitrogens with one attached hydrogen (secondary N) is 2. The zero-order valence-corrected chi connectivity index (χ0v) is 13.5. The molecule has 0 aliphatic carbocycles. The topological polar surface area (TPSA) is 64.3 Å². The third-order valence-corrected chi connectivity index (χ3v) is 4.34. The monoisotopic (exact) mass is 313 g/mol. The molecule has 0 saturated carbocycles. The predicted octanol–water partition coefficient (Wildman–Crippen LogP) is 0.643. The van der Waals surface area contributed by atoms with Gasteiger partial charge >= 0.3 is 0 Å². The Bertz CT molecular complexity index is 494. The first-order chi connectivity index (χ1) is 9.66. The normalized spacial score (nSPS) is 19.3. The van der Waals surface area contributed by atoms with E-state index in [-0.39, 0.29) is 18.3 Å². The number of carbonyl (C=O) groups is 1. The molecule has 1 aromatic rings. The van der Waals surface area contributed by atoms with E-state index in [9.17, 15) is 4.79 Å². The molecule has 0 atom stereocenters. The van der Waals surface area contributed by atoms with Crippen molar-refractivity contribution < 1.29 is 4.79 Å². The van der Waals surface area contributed by atoms with Crippen molar-refractivity contribution >= 4 is 18.3 Å². The van der Waals surface area contributed by atoms with Crippen LogP contribution >= 0.6 is 12.4 Å². The smallest absolute Gasteiger partial charge is 0.274 e. The highest BCUT2D eigenvalue weighted by molar-refractivity contribution is 5.94. The Morgan fingerprint density at radius 2 is 1.95 bits per heavy atom. The summed E-state index contributed by atoms with van der Waals surface area (Å²) in [7, 11) is 0. The number of fused-ring (bicyclic) bond motifs is 1. The van der Waals surface area contributed by atoms with Crippen LogP contribution in [-0.2, 0) is 13.0 Å². The molecule has 0 radical (unpaired) electrons. The van der Waals surface area contributed by atoms with E-state index in [2.05, 4.69) is 34.3 Å². The second kappa shape index (κ2) is 6.77. The molecule has 2 aliphatic rings. The summed E-state index contributed by atoms with van der Waals surface area (Å²) in [6.07, 6.45) is 0.927. The van der Waals surface area contributed by atoms with Gasteiger partial charge in [-0.1, -0.05) is 0 Å². The van der Waals surface area contributed by atoms with Crippen molar-refractivity contribution in [2.45, 2.75) is 32.9 Å². The van der Waals surface area contributed by atoms with Gasteiger partial charge < -0.3 is 10.2 Å². The number of carbonyl (C=O) groups excluding carboxylic acids is 1. The second-order valence-electron chi connectivity index (χ2n) is 5.88. The summed E-state index contributed by atoms with van der Waals surface area (Å²) in [6.45, 7) is 9.61. The number of halogens is 1. The van der Waals surface area contributed by atoms with Gasteiger partial charge in [-0.2, -0.15) is 5.10 Å². The van der Waals surface area contributed by atoms with Crippen molar-refractivity contribution in [1.82, 2.24) is 25.3 Å². The Balaban J connectivity index is 0.00000161. The molecular formula is C14H24ClN5O. The van der Waals surface area contributed by atoms with Gasteiger partial charge in [0.2, 0.25) is 0 Å². The molecule has 3 rings (SSSR count). The number of hydrogen-bond acceptors (Lipinski definition) is 4. The fourth-order valence-electron chi connectivity index (χ4n) is 2.99. The third-order valence-electron chi connectivity index (χ3n) is 4.34. The maximum atomic E-state index is 12.6. The lowest BCUT2D eigenvalue weighted by molar-refractivity contribution is 0.0588. The minimum absolute atomic E-state index is 0. The highest BCUT2D eigenvalue weighted by atomic mass is 35.5. The van der Waals surface area contributed by atoms with Gasteiger partial charge in [0.25, 0.3) is 5.91 Å². The number of amides is 1. The van der Waals surface area contributed by atoms with E-state index in [1.165, 1.54) is 0 Å². The fraction of sp³-hybridized carbons (Fsp3) is 0.714. The zero-order valence-electron chi connectivity index (χ0n) is 12.7. The SMILES string of the molecule is CC(C)N1CCN(C(=O)c2n[nH]c3c2CNCC3)CC1.Cl. The summed E-state index contributed by atoms with van der Waals surface area (Å²) in [5.74, 6) is 0.0783. The van der Waals surface area contributed by atoms with Crippen LogP contribution in [0.3, 0.4) is 0 Å². The average Bonchev–Trinajstić information content (AvgIpc) is 2.90. The fourth-order valence-corrected chi connectivity index (χ4v) is 2.99. The Labute approximate surface area is 131 Å². The lowest BCUT2D eigenvalue weighted by Gasteiger charge is -2.36. The van der Waals surface area contributed by atoms with Gasteiger partial charge in [-0.25, -0.2) is 0 Å². The number of piperazine rings is 1. The molecule has 21 heavy (non-hydrogen) atoms. The van der Waals surface area contributed by atoms with Crippen molar-refractivity contribution in [1.29, 1.82) is 0 Å². The van der Waals surface area contributed by atoms with Crippen LogP contribution < -0.4 is 5.32 Å². The van der Waals surface area contributed by atoms with E-state index in [4.69, 9.17) is 0 Å². The molecule has 1 saturated heterocycles. The Morgan fingerprint density at radius 3 is 2.62 bits per heavy atom. The summed E-state index contributed by atoms with van der Waals surface area (Å²) in [5.41, 5.74) is 2.80. The third kappa shape index (κ3) is 3.22. The molecule has 0 aromatic carbocycles. The zero-order chi connectivity index (χ0) is 14.1. The van der Waals surface area contributed by atoms with E-state index < -0.39 is 0 Å². The highest BCUT2D eigenvalue weighted by Gasteiger charge is 2.28. The summed E-state index contributed by atoms with van der Waals surface area (Å²) in [6, 6.07) is 0.551. The summed E-state index contributed by atoms with van der Waals surface area (Å²) < 4.78 is 0. The van der Waals surface area contributed by atoms with E-state index in [0.717, 1.165) is 56.9 Å². The predicted molar refractivity (Wildman–Crippen MR) is 83.9 cm³/mol. The first-order valence-electron chi connectivity index (χ1n) is 7.47. The van der Waals surface area contributed by atoms with Crippen LogP contribution in [-0.4, -0.2) is 64.7 Å². The Kier molecular flexibility index (Phi) is 5.24. The average molecular weight is 314 g/mol. The van der Waals surface area contributed by atoms with Gasteiger partial charge in [-0.05, 0) is 13.8 Å². The summed E-state index contributed by atoms with van der Waals surface area (Å²) in [5, 5.41) is 10.6. The van der Waals surface area contributed by atoms with Gasteiger partial charge in [0.15, 0.2) is 5.69 Å². The molecule has 1 fully saturated rings. The van der Waals surface area contributed by atoms with E-state index in [1.807, 2.05) is 4.90 Å². The number of H-pyrrole nitrogens is 1. The molecule has 1 aromatic heterocycles. The second-order valence-corrected chi connectivity index (χ2v) is 5.88. The standard InChI is InChI=1S/C14H23N5O.ClH/c1-10(2)18-5-7-19(8-6-18)14(20)13-11-9-15-4-3-12(11)16-17-13;/h10,15H,3-9H2,1-2H3,(H,16,17);1H. The largest absolute Gasteiger partial charge is 0.335 e. The molecule has 3 heterocycles. The van der Waals surface area contributed by atoms with Crippen molar-refractivity contribution in [3.8, 4) is 0 Å². The van der Waals surface area contributed by atoms with Crippen molar-refractivity contribution in [3.05, 3.63) is 17.0 Å². The lowest BCUT2D eigenvalue weighted by Crippen LogP contribution is -2.51. The van der Waals surface area contributed by atoms with Crippen LogP contribution in [0.2, 0.25) is 0 Å². The van der Waals surface area contributed by atoms with Crippen molar-refractivity contribution in [2.75, 3.05) is 32.7 Å².